The second-order valence-electron chi connectivity index (χ2n) is 6.73. The van der Waals surface area contributed by atoms with Crippen molar-refractivity contribution in [2.24, 2.45) is 5.92 Å². The smallest absolute Gasteiger partial charge is 0.228 e. The number of carbonyl (C=O) groups is 1. The maximum Gasteiger partial charge on any atom is 0.228 e. The van der Waals surface area contributed by atoms with Crippen molar-refractivity contribution in [3.63, 3.8) is 0 Å². The molecule has 1 aliphatic carbocycles. The summed E-state index contributed by atoms with van der Waals surface area (Å²) >= 11 is 0. The molecule has 2 heterocycles. The summed E-state index contributed by atoms with van der Waals surface area (Å²) in [5.74, 6) is 0.704. The highest BCUT2D eigenvalue weighted by Crippen LogP contribution is 2.58. The van der Waals surface area contributed by atoms with Crippen molar-refractivity contribution in [2.75, 3.05) is 0 Å². The van der Waals surface area contributed by atoms with Gasteiger partial charge in [0.05, 0.1) is 12.0 Å². The zero-order valence-corrected chi connectivity index (χ0v) is 13.5. The van der Waals surface area contributed by atoms with Crippen LogP contribution in [-0.4, -0.2) is 12.0 Å². The number of hydrogen-bond donors (Lipinski definition) is 1. The molecule has 1 saturated carbocycles. The minimum absolute atomic E-state index is 0.0476. The van der Waals surface area contributed by atoms with Gasteiger partial charge in [-0.3, -0.25) is 4.79 Å². The highest BCUT2D eigenvalue weighted by Gasteiger charge is 2.62. The number of carbonyl (C=O) groups excluding carboxylic acids is 1. The molecule has 1 aromatic heterocycles. The first-order valence-corrected chi connectivity index (χ1v) is 8.37. The molecule has 3 aromatic rings. The molecule has 126 valence electrons. The topological polar surface area (TPSA) is 51.5 Å². The van der Waals surface area contributed by atoms with Gasteiger partial charge in [0.1, 0.15) is 29.0 Å². The monoisotopic (exact) mass is 337 g/mol. The number of amides is 1. The summed E-state index contributed by atoms with van der Waals surface area (Å²) in [6.07, 6.45) is -0.181. The van der Waals surface area contributed by atoms with Crippen molar-refractivity contribution in [3.05, 3.63) is 65.7 Å². The Balaban J connectivity index is 1.32. The van der Waals surface area contributed by atoms with Crippen LogP contribution in [0, 0.1) is 11.7 Å². The van der Waals surface area contributed by atoms with Gasteiger partial charge in [-0.2, -0.15) is 0 Å². The van der Waals surface area contributed by atoms with Gasteiger partial charge in [-0.1, -0.05) is 18.2 Å². The van der Waals surface area contributed by atoms with Crippen molar-refractivity contribution >= 4 is 16.9 Å². The summed E-state index contributed by atoms with van der Waals surface area (Å²) in [7, 11) is 0. The van der Waals surface area contributed by atoms with Crippen LogP contribution in [0.3, 0.4) is 0 Å². The van der Waals surface area contributed by atoms with Crippen LogP contribution < -0.4 is 10.1 Å². The maximum absolute atomic E-state index is 13.4. The molecule has 4 unspecified atom stereocenters. The number of fused-ring (bicyclic) bond motifs is 4. The summed E-state index contributed by atoms with van der Waals surface area (Å²) < 4.78 is 25.0. The molecule has 4 atom stereocenters. The van der Waals surface area contributed by atoms with E-state index in [4.69, 9.17) is 9.15 Å². The average molecular weight is 337 g/mol. The average Bonchev–Trinajstić information content (AvgIpc) is 2.97. The molecule has 4 nitrogen and oxygen atoms in total. The van der Waals surface area contributed by atoms with E-state index in [0.717, 1.165) is 16.5 Å². The number of halogens is 1. The lowest BCUT2D eigenvalue weighted by Crippen LogP contribution is -2.30. The Morgan fingerprint density at radius 2 is 2.04 bits per heavy atom. The number of furan rings is 1. The van der Waals surface area contributed by atoms with Gasteiger partial charge in [-0.15, -0.1) is 0 Å². The highest BCUT2D eigenvalue weighted by molar-refractivity contribution is 5.86. The number of nitrogens with one attached hydrogen (secondary N) is 1. The van der Waals surface area contributed by atoms with Gasteiger partial charge >= 0.3 is 0 Å². The SMILES string of the molecule is CC(NC(=O)C1C2Oc3ccc(F)cc3C21)c1cc2ccccc2o1. The lowest BCUT2D eigenvalue weighted by molar-refractivity contribution is -0.123. The van der Waals surface area contributed by atoms with Crippen molar-refractivity contribution in [3.8, 4) is 5.75 Å². The number of para-hydroxylation sites is 1. The van der Waals surface area contributed by atoms with Crippen molar-refractivity contribution < 1.29 is 18.3 Å². The first kappa shape index (κ1) is 14.5. The molecule has 5 rings (SSSR count). The maximum atomic E-state index is 13.4. The zero-order valence-electron chi connectivity index (χ0n) is 13.5. The van der Waals surface area contributed by atoms with Gasteiger partial charge in [0.15, 0.2) is 0 Å². The van der Waals surface area contributed by atoms with Crippen LogP contribution in [0.2, 0.25) is 0 Å². The van der Waals surface area contributed by atoms with Gasteiger partial charge in [0, 0.05) is 16.9 Å². The van der Waals surface area contributed by atoms with Gasteiger partial charge < -0.3 is 14.5 Å². The molecular weight excluding hydrogens is 321 g/mol. The van der Waals surface area contributed by atoms with E-state index < -0.39 is 0 Å². The van der Waals surface area contributed by atoms with Crippen LogP contribution in [0.4, 0.5) is 4.39 Å². The predicted octanol–water partition coefficient (Wildman–Crippen LogP) is 3.92. The third-order valence-electron chi connectivity index (χ3n) is 5.08. The zero-order chi connectivity index (χ0) is 17.1. The van der Waals surface area contributed by atoms with Gasteiger partial charge in [0.2, 0.25) is 5.91 Å². The van der Waals surface area contributed by atoms with Crippen LogP contribution in [0.25, 0.3) is 11.0 Å². The summed E-state index contributed by atoms with van der Waals surface area (Å²) in [4.78, 5) is 12.6. The van der Waals surface area contributed by atoms with E-state index in [9.17, 15) is 9.18 Å². The van der Waals surface area contributed by atoms with Gasteiger partial charge in [-0.05, 0) is 37.3 Å². The van der Waals surface area contributed by atoms with E-state index in [0.29, 0.717) is 11.5 Å². The molecule has 1 amide bonds. The van der Waals surface area contributed by atoms with Crippen LogP contribution in [0.1, 0.15) is 30.2 Å². The second-order valence-corrected chi connectivity index (χ2v) is 6.73. The summed E-state index contributed by atoms with van der Waals surface area (Å²) in [6, 6.07) is 13.9. The molecule has 0 bridgehead atoms. The molecule has 2 aliphatic rings. The van der Waals surface area contributed by atoms with Crippen LogP contribution in [-0.2, 0) is 4.79 Å². The fourth-order valence-corrected chi connectivity index (χ4v) is 3.74. The first-order valence-electron chi connectivity index (χ1n) is 8.37. The second kappa shape index (κ2) is 5.09. The molecular formula is C20H16FNO3. The summed E-state index contributed by atoms with van der Waals surface area (Å²) in [5.41, 5.74) is 1.59. The van der Waals surface area contributed by atoms with Gasteiger partial charge in [-0.25, -0.2) is 4.39 Å². The standard InChI is InChI=1S/C20H16FNO3/c1-10(16-8-11-4-2-3-5-14(11)24-16)22-20(23)18-17-13-9-12(21)6-7-15(13)25-19(17)18/h2-10,17-19H,1H3,(H,22,23). The largest absolute Gasteiger partial charge is 0.489 e. The third-order valence-corrected chi connectivity index (χ3v) is 5.08. The van der Waals surface area contributed by atoms with E-state index in [-0.39, 0.29) is 35.7 Å². The third kappa shape index (κ3) is 2.22. The normalized spacial score (nSPS) is 24.3. The molecule has 0 spiro atoms. The molecule has 25 heavy (non-hydrogen) atoms. The van der Waals surface area contributed by atoms with E-state index >= 15 is 0 Å². The summed E-state index contributed by atoms with van der Waals surface area (Å²) in [6.45, 7) is 1.89. The van der Waals surface area contributed by atoms with Crippen molar-refractivity contribution in [2.45, 2.75) is 25.0 Å². The minimum atomic E-state index is -0.301. The number of ether oxygens (including phenoxy) is 1. The Morgan fingerprint density at radius 1 is 1.20 bits per heavy atom. The first-order chi connectivity index (χ1) is 12.1. The fourth-order valence-electron chi connectivity index (χ4n) is 3.74. The number of benzene rings is 2. The van der Waals surface area contributed by atoms with Crippen LogP contribution in [0.5, 0.6) is 5.75 Å². The molecule has 0 radical (unpaired) electrons. The van der Waals surface area contributed by atoms with E-state index in [1.165, 1.54) is 12.1 Å². The highest BCUT2D eigenvalue weighted by atomic mass is 19.1. The molecule has 2 aromatic carbocycles. The molecule has 1 fully saturated rings. The Morgan fingerprint density at radius 3 is 2.88 bits per heavy atom. The number of rotatable bonds is 3. The van der Waals surface area contributed by atoms with Crippen LogP contribution >= 0.6 is 0 Å². The van der Waals surface area contributed by atoms with E-state index in [1.807, 2.05) is 37.3 Å². The molecule has 1 aliphatic heterocycles. The van der Waals surface area contributed by atoms with E-state index in [1.54, 1.807) is 6.07 Å². The quantitative estimate of drug-likeness (QED) is 0.788. The Bertz CT molecular complexity index is 963. The Kier molecular flexibility index (Phi) is 2.95. The lowest BCUT2D eigenvalue weighted by Gasteiger charge is -2.13. The predicted molar refractivity (Wildman–Crippen MR) is 89.8 cm³/mol. The summed E-state index contributed by atoms with van der Waals surface area (Å²) in [5, 5.41) is 4.00. The van der Waals surface area contributed by atoms with Gasteiger partial charge in [0.25, 0.3) is 0 Å². The molecule has 5 heteroatoms. The van der Waals surface area contributed by atoms with Crippen molar-refractivity contribution in [1.29, 1.82) is 0 Å². The minimum Gasteiger partial charge on any atom is -0.489 e. The Labute approximate surface area is 143 Å². The molecule has 0 saturated heterocycles. The Hall–Kier alpha value is -2.82. The van der Waals surface area contributed by atoms with E-state index in [2.05, 4.69) is 5.32 Å². The van der Waals surface area contributed by atoms with Crippen LogP contribution in [0.15, 0.2) is 52.9 Å². The molecule has 1 N–H and O–H groups in total. The van der Waals surface area contributed by atoms with Crippen molar-refractivity contribution in [1.82, 2.24) is 5.32 Å². The number of hydrogen-bond acceptors (Lipinski definition) is 3. The lowest BCUT2D eigenvalue weighted by atomic mass is 10.1. The fraction of sp³-hybridized carbons (Fsp3) is 0.250.